The standard InChI is InChI=1S/C26H26BF7N4O3/c1-40-16-4-2-14(3-5-16)12-35-20-10-21(23(39)36-13-15-11-25(30,31)6-7-38(15)27)37-22-18(20)8-17(41-24(28)29)9-19(22)26(32,33)34/h2-5,8-10,15,24H,6-7,11-13,27H2,1H3,(H,35,37)(H,36,39)/t15-/m1/s1. The molecule has 2 N–H and O–H groups in total. The molecule has 1 fully saturated rings. The second-order valence-corrected chi connectivity index (χ2v) is 9.65. The topological polar surface area (TPSA) is 75.7 Å². The predicted octanol–water partition coefficient (Wildman–Crippen LogP) is 4.85. The van der Waals surface area contributed by atoms with Crippen LogP contribution in [0.15, 0.2) is 42.5 Å². The minimum Gasteiger partial charge on any atom is -0.497 e. The quantitative estimate of drug-likeness (QED) is 0.276. The summed E-state index contributed by atoms with van der Waals surface area (Å²) in [4.78, 5) is 18.6. The summed E-state index contributed by atoms with van der Waals surface area (Å²) < 4.78 is 105. The number of halogens is 7. The summed E-state index contributed by atoms with van der Waals surface area (Å²) in [5, 5.41) is 5.21. The Balaban J connectivity index is 1.72. The number of methoxy groups -OCH3 is 1. The van der Waals surface area contributed by atoms with E-state index in [4.69, 9.17) is 4.74 Å². The number of fused-ring (bicyclic) bond motifs is 1. The first-order chi connectivity index (χ1) is 19.3. The molecule has 3 aromatic rings. The number of carbonyl (C=O) groups is 1. The molecule has 0 bridgehead atoms. The van der Waals surface area contributed by atoms with Crippen molar-refractivity contribution in [1.82, 2.24) is 15.1 Å². The normalized spacial score (nSPS) is 17.4. The maximum Gasteiger partial charge on any atom is 0.418 e. The first kappa shape index (κ1) is 30.2. The summed E-state index contributed by atoms with van der Waals surface area (Å²) in [6, 6.07) is 8.57. The number of hydrogen-bond acceptors (Lipinski definition) is 6. The first-order valence-corrected chi connectivity index (χ1v) is 12.5. The number of alkyl halides is 7. The molecule has 1 amide bonds. The maximum atomic E-state index is 14.0. The van der Waals surface area contributed by atoms with Gasteiger partial charge in [0.2, 0.25) is 0 Å². The lowest BCUT2D eigenvalue weighted by atomic mass is 9.95. The molecule has 1 aliphatic heterocycles. The summed E-state index contributed by atoms with van der Waals surface area (Å²) >= 11 is 0. The Morgan fingerprint density at radius 3 is 2.51 bits per heavy atom. The Labute approximate surface area is 231 Å². The molecule has 0 unspecified atom stereocenters. The zero-order valence-corrected chi connectivity index (χ0v) is 22.0. The number of hydrogen-bond donors (Lipinski definition) is 2. The van der Waals surface area contributed by atoms with Gasteiger partial charge in [0.05, 0.1) is 18.2 Å². The fraction of sp³-hybridized carbons (Fsp3) is 0.385. The maximum absolute atomic E-state index is 14.0. The summed E-state index contributed by atoms with van der Waals surface area (Å²) in [6.07, 6.45) is -5.85. The molecule has 2 heterocycles. The van der Waals surface area contributed by atoms with Crippen LogP contribution in [-0.4, -0.2) is 62.5 Å². The van der Waals surface area contributed by atoms with E-state index in [1.54, 1.807) is 37.1 Å². The van der Waals surface area contributed by atoms with Gasteiger partial charge < -0.3 is 24.9 Å². The molecule has 0 spiro atoms. The van der Waals surface area contributed by atoms with Crippen LogP contribution in [0.3, 0.4) is 0 Å². The van der Waals surface area contributed by atoms with Crippen LogP contribution in [0.25, 0.3) is 10.9 Å². The molecule has 0 aliphatic carbocycles. The van der Waals surface area contributed by atoms with Crippen molar-refractivity contribution in [2.75, 3.05) is 25.5 Å². The van der Waals surface area contributed by atoms with Gasteiger partial charge in [0.1, 0.15) is 17.2 Å². The van der Waals surface area contributed by atoms with Crippen molar-refractivity contribution < 1.29 is 45.0 Å². The summed E-state index contributed by atoms with van der Waals surface area (Å²) in [6.45, 7) is -3.38. The van der Waals surface area contributed by atoms with Crippen molar-refractivity contribution >= 4 is 30.5 Å². The van der Waals surface area contributed by atoms with E-state index in [0.29, 0.717) is 17.4 Å². The van der Waals surface area contributed by atoms with Crippen molar-refractivity contribution in [3.8, 4) is 11.5 Å². The van der Waals surface area contributed by atoms with Crippen molar-refractivity contribution in [2.24, 2.45) is 0 Å². The second kappa shape index (κ2) is 12.0. The van der Waals surface area contributed by atoms with E-state index in [1.165, 1.54) is 13.2 Å². The van der Waals surface area contributed by atoms with Gasteiger partial charge in [-0.2, -0.15) is 22.0 Å². The Hall–Kier alpha value is -3.75. The molecule has 7 nitrogen and oxygen atoms in total. The number of ether oxygens (including phenoxy) is 2. The lowest BCUT2D eigenvalue weighted by molar-refractivity contribution is -0.136. The van der Waals surface area contributed by atoms with Crippen LogP contribution in [-0.2, 0) is 12.7 Å². The van der Waals surface area contributed by atoms with Crippen LogP contribution >= 0.6 is 0 Å². The molecule has 1 aliphatic rings. The molecule has 1 atom stereocenters. The van der Waals surface area contributed by atoms with Gasteiger partial charge in [0, 0.05) is 43.0 Å². The van der Waals surface area contributed by atoms with E-state index in [1.807, 2.05) is 0 Å². The number of piperidine rings is 1. The van der Waals surface area contributed by atoms with Gasteiger partial charge >= 0.3 is 12.8 Å². The monoisotopic (exact) mass is 586 g/mol. The van der Waals surface area contributed by atoms with Gasteiger partial charge in [-0.3, -0.25) is 4.79 Å². The minimum atomic E-state index is -5.04. The molecule has 0 radical (unpaired) electrons. The molecule has 2 aromatic carbocycles. The smallest absolute Gasteiger partial charge is 0.418 e. The fourth-order valence-corrected chi connectivity index (χ4v) is 4.55. The lowest BCUT2D eigenvalue weighted by Crippen LogP contribution is -2.50. The van der Waals surface area contributed by atoms with Gasteiger partial charge in [-0.1, -0.05) is 12.1 Å². The van der Waals surface area contributed by atoms with Crippen LogP contribution in [0.5, 0.6) is 11.5 Å². The van der Waals surface area contributed by atoms with Crippen LogP contribution in [0.4, 0.5) is 36.4 Å². The number of nitrogens with zero attached hydrogens (tertiary/aromatic N) is 2. The largest absolute Gasteiger partial charge is 0.497 e. The predicted molar refractivity (Wildman–Crippen MR) is 139 cm³/mol. The van der Waals surface area contributed by atoms with E-state index < -0.39 is 59.6 Å². The van der Waals surface area contributed by atoms with Crippen molar-refractivity contribution in [3.05, 3.63) is 59.3 Å². The van der Waals surface area contributed by atoms with Crippen molar-refractivity contribution in [1.29, 1.82) is 0 Å². The highest BCUT2D eigenvalue weighted by atomic mass is 19.4. The molecular formula is C26H26BF7N4O3. The third-order valence-corrected chi connectivity index (χ3v) is 6.78. The zero-order valence-electron chi connectivity index (χ0n) is 22.0. The second-order valence-electron chi connectivity index (χ2n) is 9.65. The lowest BCUT2D eigenvalue weighted by Gasteiger charge is -2.37. The number of pyridine rings is 1. The molecule has 4 rings (SSSR count). The average molecular weight is 586 g/mol. The van der Waals surface area contributed by atoms with Gasteiger partial charge in [-0.25, -0.2) is 13.8 Å². The first-order valence-electron chi connectivity index (χ1n) is 12.5. The Bertz CT molecular complexity index is 1390. The minimum absolute atomic E-state index is 0.0116. The van der Waals surface area contributed by atoms with Crippen LogP contribution in [0.2, 0.25) is 0 Å². The molecule has 0 saturated carbocycles. The number of aromatic nitrogens is 1. The molecule has 1 aromatic heterocycles. The molecule has 1 saturated heterocycles. The van der Waals surface area contributed by atoms with Gasteiger partial charge in [-0.05, 0) is 42.4 Å². The van der Waals surface area contributed by atoms with Gasteiger partial charge in [0.15, 0.2) is 7.98 Å². The van der Waals surface area contributed by atoms with Gasteiger partial charge in [0.25, 0.3) is 11.8 Å². The van der Waals surface area contributed by atoms with E-state index in [2.05, 4.69) is 20.4 Å². The number of amides is 1. The number of anilines is 1. The average Bonchev–Trinajstić information content (AvgIpc) is 2.91. The fourth-order valence-electron chi connectivity index (χ4n) is 4.55. The van der Waals surface area contributed by atoms with Crippen LogP contribution in [0, 0.1) is 0 Å². The van der Waals surface area contributed by atoms with Crippen molar-refractivity contribution in [2.45, 2.75) is 44.1 Å². The van der Waals surface area contributed by atoms with E-state index in [9.17, 15) is 35.5 Å². The highest BCUT2D eigenvalue weighted by Crippen LogP contribution is 2.40. The number of carbonyl (C=O) groups excluding carboxylic acids is 1. The third kappa shape index (κ3) is 7.51. The molecule has 15 heteroatoms. The van der Waals surface area contributed by atoms with Crippen LogP contribution < -0.4 is 20.1 Å². The van der Waals surface area contributed by atoms with E-state index in [-0.39, 0.29) is 37.1 Å². The highest BCUT2D eigenvalue weighted by Gasteiger charge is 2.39. The zero-order chi connectivity index (χ0) is 29.9. The van der Waals surface area contributed by atoms with Gasteiger partial charge in [-0.15, -0.1) is 0 Å². The Morgan fingerprint density at radius 1 is 1.17 bits per heavy atom. The van der Waals surface area contributed by atoms with E-state index in [0.717, 1.165) is 6.07 Å². The van der Waals surface area contributed by atoms with Crippen LogP contribution in [0.1, 0.15) is 34.5 Å². The third-order valence-electron chi connectivity index (χ3n) is 6.78. The van der Waals surface area contributed by atoms with E-state index >= 15 is 0 Å². The summed E-state index contributed by atoms with van der Waals surface area (Å²) in [5.41, 5.74) is -1.81. The number of benzene rings is 2. The molecule has 220 valence electrons. The summed E-state index contributed by atoms with van der Waals surface area (Å²) in [7, 11) is 3.12. The number of rotatable bonds is 9. The number of nitrogens with one attached hydrogen (secondary N) is 2. The molecule has 41 heavy (non-hydrogen) atoms. The SMILES string of the molecule is BN1CCC(F)(F)C[C@@H]1CNC(=O)c1cc(NCc2ccc(OC)cc2)c2cc(OC(F)F)cc(C(F)(F)F)c2n1. The Kier molecular flexibility index (Phi) is 8.85. The molecular weight excluding hydrogens is 560 g/mol. The Morgan fingerprint density at radius 2 is 1.88 bits per heavy atom. The highest BCUT2D eigenvalue weighted by molar-refractivity contribution is 6.05. The summed E-state index contributed by atoms with van der Waals surface area (Å²) in [5.74, 6) is -3.95. The van der Waals surface area contributed by atoms with Crippen molar-refractivity contribution in [3.63, 3.8) is 0 Å².